The molecule has 0 aliphatic heterocycles. The van der Waals surface area contributed by atoms with Gasteiger partial charge in [-0.3, -0.25) is 0 Å². The molecular weight excluding hydrogens is 491 g/mol. The first-order valence-corrected chi connectivity index (χ1v) is 11.0. The standard InChI is InChI=1S/C26H24F7NO2/c1-16(2)21-8-3-4-9-23(21)36-20-7-5-6-19(13-20)34(15-24(35)26(31,32)33)14-17-12-18(25(28,29)30)10-11-22(17)27/h3-13,16,24,35H,14-15H2,1-2H3. The molecule has 0 bridgehead atoms. The highest BCUT2D eigenvalue weighted by Crippen LogP contribution is 2.34. The van der Waals surface area contributed by atoms with Crippen LogP contribution in [0.5, 0.6) is 11.5 Å². The molecule has 0 aromatic heterocycles. The summed E-state index contributed by atoms with van der Waals surface area (Å²) in [4.78, 5) is 0.956. The van der Waals surface area contributed by atoms with Crippen LogP contribution < -0.4 is 9.64 Å². The Labute approximate surface area is 203 Å². The van der Waals surface area contributed by atoms with E-state index in [0.717, 1.165) is 10.5 Å². The first kappa shape index (κ1) is 27.3. The molecular formula is C26H24F7NO2. The zero-order chi connectivity index (χ0) is 26.7. The predicted octanol–water partition coefficient (Wildman–Crippen LogP) is 7.69. The fourth-order valence-corrected chi connectivity index (χ4v) is 3.57. The second kappa shape index (κ2) is 10.8. The Kier molecular flexibility index (Phi) is 8.18. The summed E-state index contributed by atoms with van der Waals surface area (Å²) < 4.78 is 99.1. The number of anilines is 1. The lowest BCUT2D eigenvalue weighted by molar-refractivity contribution is -0.200. The zero-order valence-corrected chi connectivity index (χ0v) is 19.4. The third kappa shape index (κ3) is 6.90. The van der Waals surface area contributed by atoms with Crippen LogP contribution in [-0.4, -0.2) is 23.9 Å². The van der Waals surface area contributed by atoms with Gasteiger partial charge in [-0.1, -0.05) is 38.1 Å². The molecule has 0 radical (unpaired) electrons. The van der Waals surface area contributed by atoms with Crippen molar-refractivity contribution in [1.29, 1.82) is 0 Å². The maximum Gasteiger partial charge on any atom is 0.416 e. The first-order valence-electron chi connectivity index (χ1n) is 11.0. The maximum absolute atomic E-state index is 14.4. The Morgan fingerprint density at radius 2 is 1.58 bits per heavy atom. The number of hydrogen-bond acceptors (Lipinski definition) is 3. The van der Waals surface area contributed by atoms with E-state index in [9.17, 15) is 35.8 Å². The van der Waals surface area contributed by atoms with Crippen LogP contribution in [0.1, 0.15) is 36.5 Å². The van der Waals surface area contributed by atoms with E-state index >= 15 is 0 Å². The van der Waals surface area contributed by atoms with E-state index in [1.807, 2.05) is 26.0 Å². The van der Waals surface area contributed by atoms with Gasteiger partial charge in [0.05, 0.1) is 12.1 Å². The van der Waals surface area contributed by atoms with Crippen molar-refractivity contribution >= 4 is 5.69 Å². The molecule has 3 nitrogen and oxygen atoms in total. The van der Waals surface area contributed by atoms with Gasteiger partial charge in [0.25, 0.3) is 0 Å². The smallest absolute Gasteiger partial charge is 0.416 e. The minimum atomic E-state index is -4.99. The third-order valence-corrected chi connectivity index (χ3v) is 5.46. The number of rotatable bonds is 8. The Bertz CT molecular complexity index is 1180. The summed E-state index contributed by atoms with van der Waals surface area (Å²) in [5, 5.41) is 9.68. The van der Waals surface area contributed by atoms with Crippen molar-refractivity contribution < 1.29 is 40.6 Å². The molecule has 0 amide bonds. The number of hydrogen-bond donors (Lipinski definition) is 1. The Balaban J connectivity index is 1.98. The molecule has 0 aliphatic rings. The molecule has 1 unspecified atom stereocenters. The Morgan fingerprint density at radius 1 is 0.889 bits per heavy atom. The molecule has 194 valence electrons. The molecule has 0 aliphatic carbocycles. The van der Waals surface area contributed by atoms with E-state index in [2.05, 4.69) is 0 Å². The van der Waals surface area contributed by atoms with Crippen LogP contribution in [0.2, 0.25) is 0 Å². The fraction of sp³-hybridized carbons (Fsp3) is 0.308. The lowest BCUT2D eigenvalue weighted by Crippen LogP contribution is -2.41. The van der Waals surface area contributed by atoms with Gasteiger partial charge in [-0.15, -0.1) is 0 Å². The minimum Gasteiger partial charge on any atom is -0.457 e. The molecule has 3 aromatic carbocycles. The van der Waals surface area contributed by atoms with Crippen LogP contribution in [0.3, 0.4) is 0 Å². The average Bonchev–Trinajstić information content (AvgIpc) is 2.79. The zero-order valence-electron chi connectivity index (χ0n) is 19.4. The summed E-state index contributed by atoms with van der Waals surface area (Å²) in [7, 11) is 0. The molecule has 0 saturated heterocycles. The van der Waals surface area contributed by atoms with Crippen LogP contribution in [0.4, 0.5) is 36.4 Å². The van der Waals surface area contributed by atoms with Crippen LogP contribution in [0, 0.1) is 5.82 Å². The molecule has 10 heteroatoms. The lowest BCUT2D eigenvalue weighted by atomic mass is 10.0. The van der Waals surface area contributed by atoms with Gasteiger partial charge in [0, 0.05) is 23.9 Å². The van der Waals surface area contributed by atoms with Gasteiger partial charge in [0.1, 0.15) is 17.3 Å². The van der Waals surface area contributed by atoms with Gasteiger partial charge >= 0.3 is 12.4 Å². The highest BCUT2D eigenvalue weighted by atomic mass is 19.4. The number of halogens is 7. The lowest BCUT2D eigenvalue weighted by Gasteiger charge is -2.29. The number of para-hydroxylation sites is 1. The average molecular weight is 515 g/mol. The van der Waals surface area contributed by atoms with Gasteiger partial charge < -0.3 is 14.7 Å². The Morgan fingerprint density at radius 3 is 2.22 bits per heavy atom. The van der Waals surface area contributed by atoms with Crippen LogP contribution in [0.25, 0.3) is 0 Å². The van der Waals surface area contributed by atoms with E-state index in [-0.39, 0.29) is 17.4 Å². The molecule has 0 fully saturated rings. The monoisotopic (exact) mass is 515 g/mol. The highest BCUT2D eigenvalue weighted by Gasteiger charge is 2.39. The van der Waals surface area contributed by atoms with Crippen molar-refractivity contribution in [1.82, 2.24) is 0 Å². The molecule has 0 heterocycles. The Hall–Kier alpha value is -3.27. The number of alkyl halides is 6. The SMILES string of the molecule is CC(C)c1ccccc1Oc1cccc(N(Cc2cc(C(F)(F)F)ccc2F)CC(O)C(F)(F)F)c1. The molecule has 0 spiro atoms. The number of ether oxygens (including phenoxy) is 1. The van der Waals surface area contributed by atoms with E-state index in [0.29, 0.717) is 23.9 Å². The van der Waals surface area contributed by atoms with Gasteiger partial charge in [-0.25, -0.2) is 4.39 Å². The summed E-state index contributed by atoms with van der Waals surface area (Å²) in [6.45, 7) is 2.23. The van der Waals surface area contributed by atoms with Crippen LogP contribution >= 0.6 is 0 Å². The second-order valence-electron chi connectivity index (χ2n) is 8.53. The van der Waals surface area contributed by atoms with Crippen molar-refractivity contribution in [2.75, 3.05) is 11.4 Å². The molecule has 3 rings (SSSR count). The highest BCUT2D eigenvalue weighted by molar-refractivity contribution is 5.53. The number of nitrogens with zero attached hydrogens (tertiary/aromatic N) is 1. The fourth-order valence-electron chi connectivity index (χ4n) is 3.57. The topological polar surface area (TPSA) is 32.7 Å². The summed E-state index contributed by atoms with van der Waals surface area (Å²) in [5.74, 6) is -0.133. The molecule has 36 heavy (non-hydrogen) atoms. The summed E-state index contributed by atoms with van der Waals surface area (Å²) in [5.41, 5.74) is -0.638. The quantitative estimate of drug-likeness (QED) is 0.312. The van der Waals surface area contributed by atoms with Crippen LogP contribution in [0.15, 0.2) is 66.7 Å². The maximum atomic E-state index is 14.4. The number of aliphatic hydroxyl groups is 1. The largest absolute Gasteiger partial charge is 0.457 e. The van der Waals surface area contributed by atoms with Crippen molar-refractivity contribution in [2.45, 2.75) is 44.8 Å². The van der Waals surface area contributed by atoms with Crippen molar-refractivity contribution in [3.05, 3.63) is 89.2 Å². The normalized spacial score (nSPS) is 13.1. The molecule has 3 aromatic rings. The van der Waals surface area contributed by atoms with E-state index in [4.69, 9.17) is 4.74 Å². The van der Waals surface area contributed by atoms with E-state index in [1.165, 1.54) is 18.2 Å². The summed E-state index contributed by atoms with van der Waals surface area (Å²) in [6.07, 6.45) is -12.6. The number of aliphatic hydroxyl groups excluding tert-OH is 1. The van der Waals surface area contributed by atoms with Crippen molar-refractivity contribution in [3.63, 3.8) is 0 Å². The first-order chi connectivity index (χ1) is 16.8. The third-order valence-electron chi connectivity index (χ3n) is 5.46. The van der Waals surface area contributed by atoms with Crippen molar-refractivity contribution in [2.24, 2.45) is 0 Å². The van der Waals surface area contributed by atoms with Gasteiger partial charge in [0.15, 0.2) is 6.10 Å². The van der Waals surface area contributed by atoms with Gasteiger partial charge in [0.2, 0.25) is 0 Å². The summed E-state index contributed by atoms with van der Waals surface area (Å²) in [6, 6.07) is 14.7. The van der Waals surface area contributed by atoms with Crippen molar-refractivity contribution in [3.8, 4) is 11.5 Å². The van der Waals surface area contributed by atoms with Gasteiger partial charge in [-0.2, -0.15) is 26.3 Å². The molecule has 1 N–H and O–H groups in total. The minimum absolute atomic E-state index is 0.0923. The van der Waals surface area contributed by atoms with Crippen LogP contribution in [-0.2, 0) is 12.7 Å². The molecule has 0 saturated carbocycles. The van der Waals surface area contributed by atoms with E-state index < -0.39 is 48.5 Å². The summed E-state index contributed by atoms with van der Waals surface area (Å²) >= 11 is 0. The van der Waals surface area contributed by atoms with E-state index in [1.54, 1.807) is 18.2 Å². The molecule has 1 atom stereocenters. The second-order valence-corrected chi connectivity index (χ2v) is 8.53. The predicted molar refractivity (Wildman–Crippen MR) is 122 cm³/mol. The number of benzene rings is 3. The van der Waals surface area contributed by atoms with Gasteiger partial charge in [-0.05, 0) is 47.9 Å².